The van der Waals surface area contributed by atoms with Crippen LogP contribution >= 0.6 is 11.3 Å². The highest BCUT2D eigenvalue weighted by molar-refractivity contribution is 7.16. The van der Waals surface area contributed by atoms with Gasteiger partial charge in [-0.15, -0.1) is 11.3 Å². The Balaban J connectivity index is 2.42. The molecule has 1 aromatic carbocycles. The highest BCUT2D eigenvalue weighted by Crippen LogP contribution is 2.32. The maximum atomic E-state index is 11.2. The molecule has 1 amide bonds. The van der Waals surface area contributed by atoms with Crippen molar-refractivity contribution < 1.29 is 9.72 Å². The van der Waals surface area contributed by atoms with Crippen LogP contribution in [0, 0.1) is 17.0 Å². The molecule has 19 heavy (non-hydrogen) atoms. The predicted molar refractivity (Wildman–Crippen MR) is 71.7 cm³/mol. The molecule has 8 heteroatoms. The van der Waals surface area contributed by atoms with Gasteiger partial charge in [0, 0.05) is 6.07 Å². The van der Waals surface area contributed by atoms with E-state index in [1.165, 1.54) is 17.4 Å². The molecule has 98 valence electrons. The number of amides is 1. The molecule has 2 rings (SSSR count). The van der Waals surface area contributed by atoms with E-state index in [4.69, 9.17) is 5.73 Å². The number of hydrogen-bond donors (Lipinski definition) is 2. The minimum Gasteiger partial charge on any atom is -0.364 e. The predicted octanol–water partition coefficient (Wildman–Crippen LogP) is 2.20. The Hall–Kier alpha value is -2.48. The van der Waals surface area contributed by atoms with E-state index in [2.05, 4.69) is 10.3 Å². The van der Waals surface area contributed by atoms with Crippen LogP contribution in [-0.2, 0) is 0 Å². The first kappa shape index (κ1) is 13.0. The second kappa shape index (κ2) is 5.02. The van der Waals surface area contributed by atoms with E-state index in [0.29, 0.717) is 15.7 Å². The lowest BCUT2D eigenvalue weighted by Crippen LogP contribution is -2.13. The molecule has 0 saturated heterocycles. The van der Waals surface area contributed by atoms with Gasteiger partial charge in [0.05, 0.1) is 9.93 Å². The maximum absolute atomic E-state index is 11.2. The second-order valence-corrected chi connectivity index (χ2v) is 4.88. The van der Waals surface area contributed by atoms with Gasteiger partial charge in [-0.25, -0.2) is 4.98 Å². The van der Waals surface area contributed by atoms with Crippen LogP contribution in [0.4, 0.5) is 16.4 Å². The third-order valence-electron chi connectivity index (χ3n) is 2.32. The summed E-state index contributed by atoms with van der Waals surface area (Å²) in [5.74, 6) is -0.676. The number of nitro groups is 1. The average Bonchev–Trinajstić information content (AvgIpc) is 2.71. The van der Waals surface area contributed by atoms with Gasteiger partial charge in [0.15, 0.2) is 5.69 Å². The number of aryl methyl sites for hydroxylation is 1. The number of aromatic nitrogens is 1. The van der Waals surface area contributed by atoms with E-state index in [0.717, 1.165) is 0 Å². The molecular weight excluding hydrogens is 268 g/mol. The molecule has 0 atom stereocenters. The van der Waals surface area contributed by atoms with E-state index in [9.17, 15) is 14.9 Å². The summed E-state index contributed by atoms with van der Waals surface area (Å²) in [5.41, 5.74) is 5.51. The number of nitrogens with zero attached hydrogens (tertiary/aromatic N) is 2. The molecule has 0 radical (unpaired) electrons. The minimum atomic E-state index is -0.676. The molecule has 1 heterocycles. The number of para-hydroxylation sites is 2. The van der Waals surface area contributed by atoms with E-state index in [-0.39, 0.29) is 11.4 Å². The molecule has 2 aromatic rings. The van der Waals surface area contributed by atoms with Gasteiger partial charge in [0.1, 0.15) is 10.7 Å². The third kappa shape index (κ3) is 2.68. The summed E-state index contributed by atoms with van der Waals surface area (Å²) in [5, 5.41) is 14.8. The van der Waals surface area contributed by atoms with Gasteiger partial charge in [0.25, 0.3) is 11.6 Å². The summed E-state index contributed by atoms with van der Waals surface area (Å²) >= 11 is 1.21. The lowest BCUT2D eigenvalue weighted by molar-refractivity contribution is -0.383. The van der Waals surface area contributed by atoms with Crippen molar-refractivity contribution in [3.63, 3.8) is 0 Å². The van der Waals surface area contributed by atoms with Crippen LogP contribution in [-0.4, -0.2) is 15.8 Å². The molecule has 0 saturated carbocycles. The van der Waals surface area contributed by atoms with Crippen molar-refractivity contribution in [3.8, 4) is 0 Å². The van der Waals surface area contributed by atoms with Crippen LogP contribution in [0.5, 0.6) is 0 Å². The lowest BCUT2D eigenvalue weighted by atomic mass is 10.2. The number of thiazole rings is 1. The fourth-order valence-corrected chi connectivity index (χ4v) is 2.38. The number of carbonyl (C=O) groups excluding carboxylic acids is 1. The smallest absolute Gasteiger partial charge is 0.292 e. The molecule has 7 nitrogen and oxygen atoms in total. The Kier molecular flexibility index (Phi) is 3.43. The average molecular weight is 278 g/mol. The zero-order valence-electron chi connectivity index (χ0n) is 9.91. The molecule has 3 N–H and O–H groups in total. The SMILES string of the molecule is Cc1nc(C(N)=O)c(Nc2ccccc2[N+](=O)[O-])s1. The topological polar surface area (TPSA) is 111 Å². The number of anilines is 2. The van der Waals surface area contributed by atoms with Crippen molar-refractivity contribution in [2.24, 2.45) is 5.73 Å². The largest absolute Gasteiger partial charge is 0.364 e. The van der Waals surface area contributed by atoms with Crippen molar-refractivity contribution in [3.05, 3.63) is 45.1 Å². The summed E-state index contributed by atoms with van der Waals surface area (Å²) in [6.07, 6.45) is 0. The summed E-state index contributed by atoms with van der Waals surface area (Å²) in [7, 11) is 0. The Morgan fingerprint density at radius 1 is 1.47 bits per heavy atom. The number of nitrogens with two attached hydrogens (primary N) is 1. The van der Waals surface area contributed by atoms with Crippen LogP contribution in [0.15, 0.2) is 24.3 Å². The van der Waals surface area contributed by atoms with Crippen molar-refractivity contribution in [2.45, 2.75) is 6.92 Å². The van der Waals surface area contributed by atoms with Gasteiger partial charge in [-0.3, -0.25) is 14.9 Å². The van der Waals surface area contributed by atoms with E-state index >= 15 is 0 Å². The fourth-order valence-electron chi connectivity index (χ4n) is 1.54. The van der Waals surface area contributed by atoms with Crippen LogP contribution in [0.3, 0.4) is 0 Å². The number of hydrogen-bond acceptors (Lipinski definition) is 6. The van der Waals surface area contributed by atoms with E-state index in [1.807, 2.05) is 0 Å². The highest BCUT2D eigenvalue weighted by atomic mass is 32.1. The van der Waals surface area contributed by atoms with Gasteiger partial charge in [-0.2, -0.15) is 0 Å². The minimum absolute atomic E-state index is 0.0797. The normalized spacial score (nSPS) is 10.2. The van der Waals surface area contributed by atoms with Crippen LogP contribution in [0.2, 0.25) is 0 Å². The number of carbonyl (C=O) groups is 1. The fraction of sp³-hybridized carbons (Fsp3) is 0.0909. The Morgan fingerprint density at radius 2 is 2.16 bits per heavy atom. The van der Waals surface area contributed by atoms with E-state index in [1.54, 1.807) is 25.1 Å². The van der Waals surface area contributed by atoms with Gasteiger partial charge in [-0.1, -0.05) is 12.1 Å². The van der Waals surface area contributed by atoms with Crippen molar-refractivity contribution in [1.29, 1.82) is 0 Å². The van der Waals surface area contributed by atoms with Crippen molar-refractivity contribution >= 4 is 33.6 Å². The monoisotopic (exact) mass is 278 g/mol. The molecular formula is C11H10N4O3S. The molecule has 0 unspecified atom stereocenters. The number of primary amides is 1. The first-order chi connectivity index (χ1) is 8.99. The molecule has 1 aromatic heterocycles. The van der Waals surface area contributed by atoms with Gasteiger partial charge >= 0.3 is 0 Å². The maximum Gasteiger partial charge on any atom is 0.292 e. The highest BCUT2D eigenvalue weighted by Gasteiger charge is 2.18. The molecule has 0 spiro atoms. The molecule has 0 fully saturated rings. The number of nitrogens with one attached hydrogen (secondary N) is 1. The summed E-state index contributed by atoms with van der Waals surface area (Å²) in [6, 6.07) is 6.15. The Bertz CT molecular complexity index is 653. The quantitative estimate of drug-likeness (QED) is 0.657. The van der Waals surface area contributed by atoms with Gasteiger partial charge < -0.3 is 11.1 Å². The molecule has 0 aliphatic rings. The standard InChI is InChI=1S/C11H10N4O3S/c1-6-13-9(10(12)16)11(19-6)14-7-4-2-3-5-8(7)15(17)18/h2-5,14H,1H3,(H2,12,16). The van der Waals surface area contributed by atoms with Crippen molar-refractivity contribution in [2.75, 3.05) is 5.32 Å². The lowest BCUT2D eigenvalue weighted by Gasteiger charge is -2.05. The van der Waals surface area contributed by atoms with Gasteiger partial charge in [0.2, 0.25) is 0 Å². The molecule has 0 aliphatic carbocycles. The first-order valence-electron chi connectivity index (χ1n) is 5.26. The van der Waals surface area contributed by atoms with Crippen molar-refractivity contribution in [1.82, 2.24) is 4.98 Å². The molecule has 0 aliphatic heterocycles. The Morgan fingerprint density at radius 3 is 2.79 bits per heavy atom. The second-order valence-electron chi connectivity index (χ2n) is 3.67. The first-order valence-corrected chi connectivity index (χ1v) is 6.08. The zero-order valence-corrected chi connectivity index (χ0v) is 10.7. The zero-order chi connectivity index (χ0) is 14.0. The van der Waals surface area contributed by atoms with Crippen LogP contribution in [0.25, 0.3) is 0 Å². The van der Waals surface area contributed by atoms with Gasteiger partial charge in [-0.05, 0) is 13.0 Å². The molecule has 0 bridgehead atoms. The number of nitro benzene ring substituents is 1. The third-order valence-corrected chi connectivity index (χ3v) is 3.20. The van der Waals surface area contributed by atoms with Crippen LogP contribution < -0.4 is 11.1 Å². The summed E-state index contributed by atoms with van der Waals surface area (Å²) in [6.45, 7) is 1.72. The number of rotatable bonds is 4. The summed E-state index contributed by atoms with van der Waals surface area (Å²) in [4.78, 5) is 25.6. The Labute approximate surface area is 112 Å². The van der Waals surface area contributed by atoms with Crippen LogP contribution in [0.1, 0.15) is 15.5 Å². The number of benzene rings is 1. The summed E-state index contributed by atoms with van der Waals surface area (Å²) < 4.78 is 0. The van der Waals surface area contributed by atoms with E-state index < -0.39 is 10.8 Å².